The van der Waals surface area contributed by atoms with Gasteiger partial charge in [-0.3, -0.25) is 4.79 Å². The van der Waals surface area contributed by atoms with Gasteiger partial charge in [0.25, 0.3) is 0 Å². The molecule has 1 aliphatic carbocycles. The minimum Gasteiger partial charge on any atom is -0.327 e. The summed E-state index contributed by atoms with van der Waals surface area (Å²) in [6.45, 7) is 4.15. The molecule has 3 rings (SSSR count). The molecule has 1 unspecified atom stereocenters. The zero-order chi connectivity index (χ0) is 16.1. The lowest BCUT2D eigenvalue weighted by Gasteiger charge is -2.42. The van der Waals surface area contributed by atoms with Gasteiger partial charge in [0.1, 0.15) is 0 Å². The summed E-state index contributed by atoms with van der Waals surface area (Å²) >= 11 is 3.41. The van der Waals surface area contributed by atoms with Crippen LogP contribution in [-0.4, -0.2) is 23.8 Å². The Morgan fingerprint density at radius 3 is 2.45 bits per heavy atom. The fourth-order valence-corrected chi connectivity index (χ4v) is 3.51. The molecule has 1 atom stereocenters. The minimum atomic E-state index is -0.351. The molecular formula is C17H19BrN2O2. The molecule has 1 aromatic rings. The Bertz CT molecular complexity index is 676. The lowest BCUT2D eigenvalue weighted by Crippen LogP contribution is -2.49. The highest BCUT2D eigenvalue weighted by molar-refractivity contribution is 9.10. The van der Waals surface area contributed by atoms with E-state index in [0.717, 1.165) is 27.7 Å². The second-order valence-corrected chi connectivity index (χ2v) is 7.71. The third-order valence-corrected chi connectivity index (χ3v) is 4.89. The molecule has 0 spiro atoms. The third-order valence-electron chi connectivity index (χ3n) is 4.37. The first-order valence-electron chi connectivity index (χ1n) is 7.34. The summed E-state index contributed by atoms with van der Waals surface area (Å²) in [5.41, 5.74) is 2.43. The average molecular weight is 363 g/mol. The monoisotopic (exact) mass is 362 g/mol. The fourth-order valence-electron chi connectivity index (χ4n) is 3.25. The highest BCUT2D eigenvalue weighted by Crippen LogP contribution is 2.43. The van der Waals surface area contributed by atoms with E-state index >= 15 is 0 Å². The zero-order valence-corrected chi connectivity index (χ0v) is 14.5. The molecule has 5 heteroatoms. The van der Waals surface area contributed by atoms with Gasteiger partial charge in [0.15, 0.2) is 5.78 Å². The summed E-state index contributed by atoms with van der Waals surface area (Å²) in [6.07, 6.45) is 1.26. The number of rotatable bonds is 1. The minimum absolute atomic E-state index is 0.105. The Morgan fingerprint density at radius 1 is 1.18 bits per heavy atom. The molecule has 1 N–H and O–H groups in total. The van der Waals surface area contributed by atoms with Crippen LogP contribution in [-0.2, 0) is 4.79 Å². The smallest absolute Gasteiger partial charge is 0.322 e. The van der Waals surface area contributed by atoms with Gasteiger partial charge in [-0.05, 0) is 29.5 Å². The van der Waals surface area contributed by atoms with Crippen molar-refractivity contribution >= 4 is 27.7 Å². The van der Waals surface area contributed by atoms with Crippen molar-refractivity contribution in [3.8, 4) is 0 Å². The van der Waals surface area contributed by atoms with Gasteiger partial charge in [0, 0.05) is 29.2 Å². The summed E-state index contributed by atoms with van der Waals surface area (Å²) in [6, 6.07) is 7.23. The molecule has 1 aromatic carbocycles. The van der Waals surface area contributed by atoms with Gasteiger partial charge in [0.05, 0.1) is 6.04 Å². The molecule has 0 saturated heterocycles. The number of hydrogen-bond donors (Lipinski definition) is 1. The molecule has 1 heterocycles. The van der Waals surface area contributed by atoms with E-state index < -0.39 is 0 Å². The van der Waals surface area contributed by atoms with Crippen LogP contribution in [0.5, 0.6) is 0 Å². The summed E-state index contributed by atoms with van der Waals surface area (Å²) < 4.78 is 0.973. The number of carbonyl (C=O) groups is 2. The normalized spacial score (nSPS) is 24.2. The van der Waals surface area contributed by atoms with Crippen molar-refractivity contribution in [3.63, 3.8) is 0 Å². The van der Waals surface area contributed by atoms with Gasteiger partial charge in [0.2, 0.25) is 0 Å². The van der Waals surface area contributed by atoms with Gasteiger partial charge in [-0.2, -0.15) is 0 Å². The van der Waals surface area contributed by atoms with Crippen LogP contribution in [0.2, 0.25) is 0 Å². The molecule has 2 aliphatic rings. The van der Waals surface area contributed by atoms with E-state index in [0.29, 0.717) is 6.42 Å². The van der Waals surface area contributed by atoms with Crippen molar-refractivity contribution in [2.24, 2.45) is 5.41 Å². The van der Waals surface area contributed by atoms with Crippen LogP contribution in [0.25, 0.3) is 0 Å². The Balaban J connectivity index is 2.11. The van der Waals surface area contributed by atoms with Crippen LogP contribution in [0, 0.1) is 5.41 Å². The predicted octanol–water partition coefficient (Wildman–Crippen LogP) is 3.79. The van der Waals surface area contributed by atoms with Crippen molar-refractivity contribution in [3.05, 3.63) is 45.6 Å². The number of halogens is 1. The van der Waals surface area contributed by atoms with Crippen molar-refractivity contribution in [1.29, 1.82) is 0 Å². The van der Waals surface area contributed by atoms with E-state index in [1.807, 2.05) is 24.3 Å². The van der Waals surface area contributed by atoms with Gasteiger partial charge in [-0.1, -0.05) is 41.9 Å². The zero-order valence-electron chi connectivity index (χ0n) is 12.9. The number of hydrogen-bond acceptors (Lipinski definition) is 2. The number of urea groups is 1. The van der Waals surface area contributed by atoms with Gasteiger partial charge >= 0.3 is 6.03 Å². The maximum Gasteiger partial charge on any atom is 0.322 e. The lowest BCUT2D eigenvalue weighted by atomic mass is 9.72. The molecular weight excluding hydrogens is 344 g/mol. The number of Topliss-reactive ketones (excluding diaryl/α,β-unsaturated/α-hetero) is 1. The van der Waals surface area contributed by atoms with Gasteiger partial charge in [-0.15, -0.1) is 0 Å². The number of benzene rings is 1. The summed E-state index contributed by atoms with van der Waals surface area (Å²) in [7, 11) is 1.73. The first-order valence-corrected chi connectivity index (χ1v) is 8.14. The molecule has 116 valence electrons. The summed E-state index contributed by atoms with van der Waals surface area (Å²) in [4.78, 5) is 26.6. The first-order chi connectivity index (χ1) is 10.3. The number of nitrogens with one attached hydrogen (secondary N) is 1. The topological polar surface area (TPSA) is 49.4 Å². The molecule has 22 heavy (non-hydrogen) atoms. The maximum atomic E-state index is 12.7. The standard InChI is InChI=1S/C17H19BrN2O2/c1-17(2)8-12-14(13(21)9-17)15(19-16(22)20(12)3)10-4-6-11(18)7-5-10/h4-7,15H,8-9H2,1-3H3,(H,19,22). The second-order valence-electron chi connectivity index (χ2n) is 6.79. The Hall–Kier alpha value is -1.62. The number of nitrogens with zero attached hydrogens (tertiary/aromatic N) is 1. The fraction of sp³-hybridized carbons (Fsp3) is 0.412. The quantitative estimate of drug-likeness (QED) is 0.825. The number of carbonyl (C=O) groups excluding carboxylic acids is 2. The summed E-state index contributed by atoms with van der Waals surface area (Å²) in [5, 5.41) is 2.95. The van der Waals surface area contributed by atoms with Crippen LogP contribution in [0.1, 0.15) is 38.3 Å². The molecule has 1 aliphatic heterocycles. The van der Waals surface area contributed by atoms with Crippen LogP contribution >= 0.6 is 15.9 Å². The van der Waals surface area contributed by atoms with Crippen LogP contribution in [0.3, 0.4) is 0 Å². The van der Waals surface area contributed by atoms with E-state index in [1.54, 1.807) is 11.9 Å². The van der Waals surface area contributed by atoms with Crippen molar-refractivity contribution in [2.45, 2.75) is 32.7 Å². The van der Waals surface area contributed by atoms with Crippen molar-refractivity contribution in [1.82, 2.24) is 10.2 Å². The molecule has 0 aromatic heterocycles. The Kier molecular flexibility index (Phi) is 3.63. The van der Waals surface area contributed by atoms with Crippen molar-refractivity contribution < 1.29 is 9.59 Å². The first kappa shape index (κ1) is 15.3. The average Bonchev–Trinajstić information content (AvgIpc) is 2.43. The molecule has 0 bridgehead atoms. The highest BCUT2D eigenvalue weighted by atomic mass is 79.9. The van der Waals surface area contributed by atoms with Gasteiger partial charge in [-0.25, -0.2) is 4.79 Å². The second kappa shape index (κ2) is 5.23. The molecule has 0 fully saturated rings. The van der Waals surface area contributed by atoms with E-state index in [-0.39, 0.29) is 23.3 Å². The number of amides is 2. The van der Waals surface area contributed by atoms with Crippen LogP contribution < -0.4 is 5.32 Å². The highest BCUT2D eigenvalue weighted by Gasteiger charge is 2.42. The maximum absolute atomic E-state index is 12.7. The van der Waals surface area contributed by atoms with Crippen molar-refractivity contribution in [2.75, 3.05) is 7.05 Å². The predicted molar refractivity (Wildman–Crippen MR) is 88.2 cm³/mol. The lowest BCUT2D eigenvalue weighted by molar-refractivity contribution is -0.118. The Morgan fingerprint density at radius 2 is 1.82 bits per heavy atom. The van der Waals surface area contributed by atoms with E-state index in [1.165, 1.54) is 0 Å². The van der Waals surface area contributed by atoms with Gasteiger partial charge < -0.3 is 10.2 Å². The van der Waals surface area contributed by atoms with E-state index in [4.69, 9.17) is 0 Å². The number of ketones is 1. The third kappa shape index (κ3) is 2.58. The summed E-state index contributed by atoms with van der Waals surface area (Å²) in [5.74, 6) is 0.131. The molecule has 4 nitrogen and oxygen atoms in total. The van der Waals surface area contributed by atoms with E-state index in [2.05, 4.69) is 35.1 Å². The number of allylic oxidation sites excluding steroid dienone is 1. The largest absolute Gasteiger partial charge is 0.327 e. The Labute approximate surface area is 138 Å². The van der Waals surface area contributed by atoms with Crippen LogP contribution in [0.4, 0.5) is 4.79 Å². The molecule has 2 amide bonds. The molecule has 0 radical (unpaired) electrons. The van der Waals surface area contributed by atoms with Crippen LogP contribution in [0.15, 0.2) is 40.0 Å². The van der Waals surface area contributed by atoms with E-state index in [9.17, 15) is 9.59 Å². The SMILES string of the molecule is CN1C(=O)NC(c2ccc(Br)cc2)C2=C1CC(C)(C)CC2=O. The molecule has 0 saturated carbocycles.